The Morgan fingerprint density at radius 3 is 2.67 bits per heavy atom. The molecule has 1 aliphatic heterocycles. The van der Waals surface area contributed by atoms with Crippen LogP contribution in [0.15, 0.2) is 23.1 Å². The summed E-state index contributed by atoms with van der Waals surface area (Å²) >= 11 is 0. The Kier molecular flexibility index (Phi) is 4.48. The van der Waals surface area contributed by atoms with Crippen molar-refractivity contribution < 1.29 is 13.3 Å². The average molecular weight is 313 g/mol. The second kappa shape index (κ2) is 5.98. The van der Waals surface area contributed by atoms with E-state index in [-0.39, 0.29) is 16.6 Å². The molecule has 1 N–H and O–H groups in total. The van der Waals surface area contributed by atoms with E-state index in [0.717, 1.165) is 31.9 Å². The number of hydrogen-bond acceptors (Lipinski definition) is 5. The number of hydrogen-bond donors (Lipinski definition) is 1. The van der Waals surface area contributed by atoms with Crippen molar-refractivity contribution in [2.75, 3.05) is 18.5 Å². The fourth-order valence-corrected chi connectivity index (χ4v) is 3.38. The molecule has 0 unspecified atom stereocenters. The third-order valence-electron chi connectivity index (χ3n) is 3.84. The lowest BCUT2D eigenvalue weighted by Crippen LogP contribution is -2.37. The maximum Gasteiger partial charge on any atom is 0.293 e. The number of anilines is 1. The smallest absolute Gasteiger partial charge is 0.293 e. The molecule has 0 amide bonds. The van der Waals surface area contributed by atoms with E-state index in [9.17, 15) is 18.5 Å². The summed E-state index contributed by atoms with van der Waals surface area (Å²) in [7, 11) is -2.41. The molecule has 1 heterocycles. The molecule has 0 aliphatic carbocycles. The van der Waals surface area contributed by atoms with Crippen LogP contribution in [0.2, 0.25) is 0 Å². The normalized spacial score (nSPS) is 19.5. The molecule has 116 valence electrons. The van der Waals surface area contributed by atoms with Gasteiger partial charge in [-0.1, -0.05) is 0 Å². The maximum atomic E-state index is 11.8. The van der Waals surface area contributed by atoms with Gasteiger partial charge in [0, 0.05) is 18.7 Å². The van der Waals surface area contributed by atoms with Crippen molar-refractivity contribution >= 4 is 21.4 Å². The highest BCUT2D eigenvalue weighted by atomic mass is 32.2. The van der Waals surface area contributed by atoms with E-state index >= 15 is 0 Å². The summed E-state index contributed by atoms with van der Waals surface area (Å²) in [5.74, 6) is 0. The molecule has 0 aromatic heterocycles. The Hall–Kier alpha value is -1.67. The number of sulfonamides is 1. The van der Waals surface area contributed by atoms with Crippen LogP contribution in [0.25, 0.3) is 0 Å². The summed E-state index contributed by atoms with van der Waals surface area (Å²) in [6.07, 6.45) is 3.07. The SMILES string of the molecule is CNS(=O)(=O)c1ccc(N2CCCC[C@@H]2C)c([N+](=O)[O-])c1. The van der Waals surface area contributed by atoms with Gasteiger partial charge in [0.15, 0.2) is 0 Å². The van der Waals surface area contributed by atoms with Gasteiger partial charge in [0.1, 0.15) is 5.69 Å². The minimum atomic E-state index is -3.69. The molecular formula is C13H19N3O4S. The quantitative estimate of drug-likeness (QED) is 0.677. The van der Waals surface area contributed by atoms with Gasteiger partial charge < -0.3 is 4.90 Å². The van der Waals surface area contributed by atoms with Gasteiger partial charge in [0.05, 0.1) is 9.82 Å². The van der Waals surface area contributed by atoms with Crippen molar-refractivity contribution in [2.45, 2.75) is 37.1 Å². The molecule has 1 saturated heterocycles. The highest BCUT2D eigenvalue weighted by Gasteiger charge is 2.27. The van der Waals surface area contributed by atoms with Crippen LogP contribution in [0.5, 0.6) is 0 Å². The van der Waals surface area contributed by atoms with Gasteiger partial charge in [0.25, 0.3) is 5.69 Å². The molecule has 7 nitrogen and oxygen atoms in total. The summed E-state index contributed by atoms with van der Waals surface area (Å²) in [5, 5.41) is 11.3. The lowest BCUT2D eigenvalue weighted by Gasteiger charge is -2.35. The third kappa shape index (κ3) is 3.16. The van der Waals surface area contributed by atoms with Crippen molar-refractivity contribution in [3.8, 4) is 0 Å². The van der Waals surface area contributed by atoms with Crippen LogP contribution < -0.4 is 9.62 Å². The zero-order chi connectivity index (χ0) is 15.6. The van der Waals surface area contributed by atoms with E-state index in [1.165, 1.54) is 19.2 Å². The summed E-state index contributed by atoms with van der Waals surface area (Å²) in [5.41, 5.74) is 0.322. The fraction of sp³-hybridized carbons (Fsp3) is 0.538. The zero-order valence-electron chi connectivity index (χ0n) is 12.1. The number of rotatable bonds is 4. The van der Waals surface area contributed by atoms with E-state index in [1.807, 2.05) is 11.8 Å². The highest BCUT2D eigenvalue weighted by Crippen LogP contribution is 2.34. The highest BCUT2D eigenvalue weighted by molar-refractivity contribution is 7.89. The maximum absolute atomic E-state index is 11.8. The first kappa shape index (κ1) is 15.7. The lowest BCUT2D eigenvalue weighted by atomic mass is 10.0. The summed E-state index contributed by atoms with van der Waals surface area (Å²) in [6, 6.07) is 4.28. The van der Waals surface area contributed by atoms with E-state index in [2.05, 4.69) is 4.72 Å². The molecule has 1 atom stereocenters. The Morgan fingerprint density at radius 2 is 2.10 bits per heavy atom. The summed E-state index contributed by atoms with van der Waals surface area (Å²) in [6.45, 7) is 2.78. The standard InChI is InChI=1S/C13H19N3O4S/c1-10-5-3-4-8-15(10)12-7-6-11(21(19,20)14-2)9-13(12)16(17)18/h6-7,9-10,14H,3-5,8H2,1-2H3/t10-/m0/s1. The van der Waals surface area contributed by atoms with E-state index < -0.39 is 14.9 Å². The van der Waals surface area contributed by atoms with Gasteiger partial charge in [-0.2, -0.15) is 0 Å². The van der Waals surface area contributed by atoms with Crippen LogP contribution in [-0.2, 0) is 10.0 Å². The van der Waals surface area contributed by atoms with E-state index in [0.29, 0.717) is 5.69 Å². The zero-order valence-corrected chi connectivity index (χ0v) is 12.9. The first-order valence-electron chi connectivity index (χ1n) is 6.85. The van der Waals surface area contributed by atoms with Crippen LogP contribution >= 0.6 is 0 Å². The van der Waals surface area contributed by atoms with Crippen LogP contribution in [0.3, 0.4) is 0 Å². The fourth-order valence-electron chi connectivity index (χ4n) is 2.63. The van der Waals surface area contributed by atoms with Crippen LogP contribution in [-0.4, -0.2) is 33.0 Å². The Bertz CT molecular complexity index is 645. The number of nitro benzene ring substituents is 1. The van der Waals surface area contributed by atoms with Crippen molar-refractivity contribution in [1.29, 1.82) is 0 Å². The molecule has 8 heteroatoms. The monoisotopic (exact) mass is 313 g/mol. The Labute approximate surface area is 124 Å². The molecule has 0 spiro atoms. The lowest BCUT2D eigenvalue weighted by molar-refractivity contribution is -0.384. The van der Waals surface area contributed by atoms with Crippen molar-refractivity contribution in [2.24, 2.45) is 0 Å². The number of benzene rings is 1. The van der Waals surface area contributed by atoms with Crippen LogP contribution in [0.1, 0.15) is 26.2 Å². The van der Waals surface area contributed by atoms with Gasteiger partial charge in [-0.15, -0.1) is 0 Å². The number of piperidine rings is 1. The first-order chi connectivity index (χ1) is 9.86. The molecule has 1 fully saturated rings. The predicted octanol–water partition coefficient (Wildman–Crippen LogP) is 1.88. The largest absolute Gasteiger partial charge is 0.363 e. The van der Waals surface area contributed by atoms with Crippen molar-refractivity contribution in [1.82, 2.24) is 4.72 Å². The Morgan fingerprint density at radius 1 is 1.38 bits per heavy atom. The molecule has 0 radical (unpaired) electrons. The topological polar surface area (TPSA) is 92.6 Å². The molecule has 21 heavy (non-hydrogen) atoms. The minimum absolute atomic E-state index is 0.0925. The van der Waals surface area contributed by atoms with Gasteiger partial charge in [-0.05, 0) is 45.4 Å². The van der Waals surface area contributed by atoms with Crippen molar-refractivity contribution in [3.63, 3.8) is 0 Å². The first-order valence-corrected chi connectivity index (χ1v) is 8.34. The average Bonchev–Trinajstić information content (AvgIpc) is 2.47. The van der Waals surface area contributed by atoms with Gasteiger partial charge in [-0.25, -0.2) is 13.1 Å². The van der Waals surface area contributed by atoms with E-state index in [1.54, 1.807) is 0 Å². The van der Waals surface area contributed by atoms with Gasteiger partial charge in [0.2, 0.25) is 10.0 Å². The summed E-state index contributed by atoms with van der Waals surface area (Å²) < 4.78 is 25.7. The predicted molar refractivity (Wildman–Crippen MR) is 80.0 cm³/mol. The number of nitrogens with zero attached hydrogens (tertiary/aromatic N) is 2. The molecule has 1 aliphatic rings. The van der Waals surface area contributed by atoms with E-state index in [4.69, 9.17) is 0 Å². The van der Waals surface area contributed by atoms with Gasteiger partial charge >= 0.3 is 0 Å². The molecule has 1 aromatic rings. The van der Waals surface area contributed by atoms with Crippen molar-refractivity contribution in [3.05, 3.63) is 28.3 Å². The number of nitrogens with one attached hydrogen (secondary N) is 1. The summed E-state index contributed by atoms with van der Waals surface area (Å²) in [4.78, 5) is 12.7. The second-order valence-electron chi connectivity index (χ2n) is 5.15. The third-order valence-corrected chi connectivity index (χ3v) is 5.25. The molecule has 0 bridgehead atoms. The second-order valence-corrected chi connectivity index (χ2v) is 7.04. The molecule has 0 saturated carbocycles. The van der Waals surface area contributed by atoms with Crippen LogP contribution in [0, 0.1) is 10.1 Å². The van der Waals surface area contributed by atoms with Gasteiger partial charge in [-0.3, -0.25) is 10.1 Å². The Balaban J connectivity index is 2.50. The number of nitro groups is 1. The van der Waals surface area contributed by atoms with Crippen LogP contribution in [0.4, 0.5) is 11.4 Å². The molecule has 1 aromatic carbocycles. The molecule has 2 rings (SSSR count). The molecular weight excluding hydrogens is 294 g/mol. The minimum Gasteiger partial charge on any atom is -0.363 e.